The van der Waals surface area contributed by atoms with Gasteiger partial charge >= 0.3 is 0 Å². The Morgan fingerprint density at radius 1 is 0.556 bits per heavy atom. The minimum absolute atomic E-state index is 0. The number of nitrogens with one attached hydrogen (secondary N) is 1. The maximum absolute atomic E-state index is 11.0. The first kappa shape index (κ1) is 67.9. The largest absolute Gasteiger partial charge is 0.396 e. The first-order chi connectivity index (χ1) is 21.3. The molecule has 2 aliphatic carbocycles. The molecule has 2 aliphatic heterocycles. The van der Waals surface area contributed by atoms with E-state index in [1.807, 2.05) is 0 Å². The summed E-state index contributed by atoms with van der Waals surface area (Å²) < 4.78 is 22.1. The first-order valence-corrected chi connectivity index (χ1v) is 14.6. The van der Waals surface area contributed by atoms with Crippen LogP contribution in [0.5, 0.6) is 0 Å². The number of rotatable bonds is 10. The number of hydrogen-bond donors (Lipinski definition) is 15. The Labute approximate surface area is 375 Å². The number of aliphatic hydroxyl groups is 14. The lowest BCUT2D eigenvalue weighted by atomic mass is 9.80. The highest BCUT2D eigenvalue weighted by Crippen LogP contribution is 2.35. The van der Waals surface area contributed by atoms with Crippen LogP contribution in [0.4, 0.5) is 0 Å². The normalized spacial score (nSPS) is 42.6. The summed E-state index contributed by atoms with van der Waals surface area (Å²) in [6, 6.07) is -2.46. The van der Waals surface area contributed by atoms with Gasteiger partial charge in [0.15, 0.2) is 12.6 Å². The van der Waals surface area contributed by atoms with Crippen molar-refractivity contribution in [3.05, 3.63) is 11.6 Å². The highest BCUT2D eigenvalue weighted by atomic mass is 32.1. The fourth-order valence-electron chi connectivity index (χ4n) is 6.33. The van der Waals surface area contributed by atoms with Crippen molar-refractivity contribution in [1.29, 1.82) is 0 Å². The van der Waals surface area contributed by atoms with Gasteiger partial charge in [0.1, 0.15) is 73.2 Å². The Hall–Kier alpha value is 2.13. The Morgan fingerprint density at radius 3 is 1.59 bits per heavy atom. The third kappa shape index (κ3) is 14.6. The lowest BCUT2D eigenvalue weighted by molar-refractivity contribution is -0.329. The van der Waals surface area contributed by atoms with Crippen LogP contribution in [0.2, 0.25) is 0 Å². The molecule has 54 heavy (non-hydrogen) atoms. The van der Waals surface area contributed by atoms with Crippen LogP contribution >= 0.6 is 121 Å². The second-order valence-electron chi connectivity index (χ2n) is 11.9. The molecule has 1 saturated carbocycles. The molecule has 3 fully saturated rings. The molecule has 19 atom stereocenters. The van der Waals surface area contributed by atoms with Crippen LogP contribution in [-0.4, -0.2) is 208 Å². The van der Waals surface area contributed by atoms with E-state index in [4.69, 9.17) is 18.9 Å². The van der Waals surface area contributed by atoms with Crippen LogP contribution < -0.4 is 5.32 Å². The SMILES string of the molecule is OCC1=CC(N[C@@H]2C(CO)O[C@@H](OC3[C@@H](CO)C[C@@H](OC4C(CO)OC(O)[C@H](O)C4O)C(O)[C@H]3O)[C@H](O)C2O)C(O)[C@@H](O)C1O.S.S.S.S.S.S.S.S.S. The third-order valence-electron chi connectivity index (χ3n) is 9.03. The molecule has 0 aromatic heterocycles. The van der Waals surface area contributed by atoms with Gasteiger partial charge in [-0.15, -0.1) is 0 Å². The van der Waals surface area contributed by atoms with Crippen LogP contribution in [0, 0.1) is 5.92 Å². The van der Waals surface area contributed by atoms with Crippen molar-refractivity contribution in [2.75, 3.05) is 26.4 Å². The van der Waals surface area contributed by atoms with Gasteiger partial charge in [-0.05, 0) is 12.0 Å². The Kier molecular flexibility index (Phi) is 38.0. The quantitative estimate of drug-likeness (QED) is 0.0905. The van der Waals surface area contributed by atoms with Crippen molar-refractivity contribution in [1.82, 2.24) is 5.32 Å². The second-order valence-corrected chi connectivity index (χ2v) is 11.9. The first-order valence-electron chi connectivity index (χ1n) is 14.6. The minimum atomic E-state index is -1.87. The summed E-state index contributed by atoms with van der Waals surface area (Å²) >= 11 is 0. The van der Waals surface area contributed by atoms with Crippen LogP contribution in [0.15, 0.2) is 11.6 Å². The van der Waals surface area contributed by atoms with Gasteiger partial charge in [-0.2, -0.15) is 121 Å². The van der Waals surface area contributed by atoms with E-state index in [0.29, 0.717) is 0 Å². The zero-order valence-electron chi connectivity index (χ0n) is 28.5. The molecule has 28 heteroatoms. The van der Waals surface area contributed by atoms with E-state index in [9.17, 15) is 71.5 Å². The molecule has 0 amide bonds. The topological polar surface area (TPSA) is 332 Å². The van der Waals surface area contributed by atoms with E-state index in [2.05, 4.69) is 5.32 Å². The summed E-state index contributed by atoms with van der Waals surface area (Å²) in [6.45, 7) is -2.81. The van der Waals surface area contributed by atoms with Gasteiger partial charge in [0.25, 0.3) is 0 Å². The lowest BCUT2D eigenvalue weighted by Gasteiger charge is -2.49. The van der Waals surface area contributed by atoms with E-state index >= 15 is 0 Å². The molecule has 0 radical (unpaired) electrons. The van der Waals surface area contributed by atoms with Gasteiger partial charge in [0.2, 0.25) is 0 Å². The molecule has 19 nitrogen and oxygen atoms in total. The van der Waals surface area contributed by atoms with Gasteiger partial charge in [-0.3, -0.25) is 0 Å². The summed E-state index contributed by atoms with van der Waals surface area (Å²) in [5, 5.41) is 146. The fraction of sp³-hybridized carbons (Fsp3) is 0.923. The van der Waals surface area contributed by atoms with E-state index in [-0.39, 0.29) is 133 Å². The summed E-state index contributed by atoms with van der Waals surface area (Å²) in [4.78, 5) is 0. The molecule has 2 saturated heterocycles. The zero-order chi connectivity index (χ0) is 33.3. The van der Waals surface area contributed by atoms with Crippen molar-refractivity contribution in [3.63, 3.8) is 0 Å². The molecular formula is C26H63NO18S9. The molecule has 4 aliphatic rings. The average molecular weight is 966 g/mol. The molecule has 0 aromatic rings. The van der Waals surface area contributed by atoms with E-state index in [0.717, 1.165) is 0 Å². The monoisotopic (exact) mass is 965 g/mol. The minimum Gasteiger partial charge on any atom is -0.396 e. The van der Waals surface area contributed by atoms with Crippen molar-refractivity contribution < 1.29 is 90.4 Å². The number of aliphatic hydroxyl groups excluding tert-OH is 14. The number of hydrogen-bond acceptors (Lipinski definition) is 19. The molecule has 15 N–H and O–H groups in total. The van der Waals surface area contributed by atoms with Crippen LogP contribution in [0.3, 0.4) is 0 Å². The Bertz CT molecular complexity index is 1010. The predicted molar refractivity (Wildman–Crippen MR) is 236 cm³/mol. The molecule has 4 rings (SSSR count). The second kappa shape index (κ2) is 30.2. The van der Waals surface area contributed by atoms with Gasteiger partial charge in [-0.25, -0.2) is 0 Å². The van der Waals surface area contributed by atoms with Crippen molar-refractivity contribution in [3.8, 4) is 0 Å². The molecule has 0 aromatic carbocycles. The molecular weight excluding hydrogens is 903 g/mol. The highest BCUT2D eigenvalue weighted by Gasteiger charge is 2.53. The molecule has 11 unspecified atom stereocenters. The molecule has 0 bridgehead atoms. The van der Waals surface area contributed by atoms with E-state index < -0.39 is 142 Å². The summed E-state index contributed by atoms with van der Waals surface area (Å²) in [6.07, 6.45) is -25.1. The zero-order valence-corrected chi connectivity index (χ0v) is 37.5. The van der Waals surface area contributed by atoms with E-state index in [1.54, 1.807) is 0 Å². The summed E-state index contributed by atoms with van der Waals surface area (Å²) in [7, 11) is 0. The van der Waals surface area contributed by atoms with Crippen molar-refractivity contribution >= 4 is 121 Å². The van der Waals surface area contributed by atoms with Gasteiger partial charge < -0.3 is 95.8 Å². The van der Waals surface area contributed by atoms with Gasteiger partial charge in [0.05, 0.1) is 44.1 Å². The van der Waals surface area contributed by atoms with Crippen LogP contribution in [0.25, 0.3) is 0 Å². The Balaban J connectivity index is -0.000000640. The fourth-order valence-corrected chi connectivity index (χ4v) is 6.33. The molecule has 2 heterocycles. The van der Waals surface area contributed by atoms with Crippen molar-refractivity contribution in [2.24, 2.45) is 5.92 Å². The summed E-state index contributed by atoms with van der Waals surface area (Å²) in [5.41, 5.74) is -0.0211. The highest BCUT2D eigenvalue weighted by molar-refractivity contribution is 7.60. The number of ether oxygens (including phenoxy) is 4. The predicted octanol–water partition coefficient (Wildman–Crippen LogP) is -7.91. The molecule has 334 valence electrons. The van der Waals surface area contributed by atoms with Crippen LogP contribution in [-0.2, 0) is 18.9 Å². The van der Waals surface area contributed by atoms with Gasteiger partial charge in [-0.1, -0.05) is 6.08 Å². The van der Waals surface area contributed by atoms with E-state index in [1.165, 1.54) is 6.08 Å². The summed E-state index contributed by atoms with van der Waals surface area (Å²) in [5.74, 6) is -1.01. The lowest BCUT2D eigenvalue weighted by Crippen LogP contribution is -2.68. The smallest absolute Gasteiger partial charge is 0.187 e. The van der Waals surface area contributed by atoms with Crippen molar-refractivity contribution in [2.45, 2.75) is 117 Å². The standard InChI is InChI=1S/C26H45NO18.9H2S/c28-3-7-1-9(15(33)18(36)14(7)32)27-13-11(5-30)44-26(22(40)17(13)35)45-23-8(4-29)2-10(16(34)19(23)37)42-24-12(6-31)43-25(41)21(39)20(24)38;;;;;;;;;/h1,8-41H,2-6H2;9*1H2/t8-,9?,10-,11?,12?,13-,14?,15?,16?,17?,18+,19-,20?,21-,22-,23?,24?,25?,26+;;;;;;;;;/m1........./s1. The molecule has 0 spiro atoms. The maximum atomic E-state index is 11.0. The van der Waals surface area contributed by atoms with Crippen LogP contribution in [0.1, 0.15) is 6.42 Å². The average Bonchev–Trinajstić information content (AvgIpc) is 3.03. The maximum Gasteiger partial charge on any atom is 0.187 e. The third-order valence-corrected chi connectivity index (χ3v) is 9.03. The Morgan fingerprint density at radius 2 is 1.09 bits per heavy atom. The van der Waals surface area contributed by atoms with Gasteiger partial charge in [0, 0.05) is 12.5 Å².